The highest BCUT2D eigenvalue weighted by molar-refractivity contribution is 7.92. The van der Waals surface area contributed by atoms with Gasteiger partial charge >= 0.3 is 0 Å². The molecule has 36 heavy (non-hydrogen) atoms. The van der Waals surface area contributed by atoms with Crippen LogP contribution in [0.15, 0.2) is 71.6 Å². The Kier molecular flexibility index (Phi) is 7.54. The molecule has 0 fully saturated rings. The number of ether oxygens (including phenoxy) is 4. The third-order valence-electron chi connectivity index (χ3n) is 5.72. The van der Waals surface area contributed by atoms with E-state index in [1.54, 1.807) is 36.4 Å². The maximum Gasteiger partial charge on any atom is 0.264 e. The molecule has 0 saturated heterocycles. The van der Waals surface area contributed by atoms with Crippen LogP contribution >= 0.6 is 0 Å². The monoisotopic (exact) mass is 512 g/mol. The summed E-state index contributed by atoms with van der Waals surface area (Å²) in [6, 6.07) is 17.7. The summed E-state index contributed by atoms with van der Waals surface area (Å²) in [5.41, 5.74) is 1.06. The molecular weight excluding hydrogens is 484 g/mol. The number of benzene rings is 3. The van der Waals surface area contributed by atoms with Crippen molar-refractivity contribution in [1.82, 2.24) is 5.32 Å². The molecule has 1 N–H and O–H groups in total. The molecule has 0 saturated carbocycles. The van der Waals surface area contributed by atoms with Gasteiger partial charge in [0.2, 0.25) is 5.91 Å². The van der Waals surface area contributed by atoms with Gasteiger partial charge in [0.05, 0.1) is 30.8 Å². The Labute approximate surface area is 210 Å². The second kappa shape index (κ2) is 10.8. The van der Waals surface area contributed by atoms with Gasteiger partial charge in [-0.1, -0.05) is 24.3 Å². The van der Waals surface area contributed by atoms with E-state index in [1.165, 1.54) is 32.4 Å². The predicted octanol–water partition coefficient (Wildman–Crippen LogP) is 3.55. The quantitative estimate of drug-likeness (QED) is 0.468. The van der Waals surface area contributed by atoms with E-state index in [0.717, 1.165) is 9.87 Å². The van der Waals surface area contributed by atoms with Crippen molar-refractivity contribution in [3.8, 4) is 23.0 Å². The smallest absolute Gasteiger partial charge is 0.264 e. The number of fused-ring (bicyclic) bond motifs is 1. The van der Waals surface area contributed by atoms with E-state index < -0.39 is 28.5 Å². The van der Waals surface area contributed by atoms with E-state index in [9.17, 15) is 13.2 Å². The average molecular weight is 513 g/mol. The number of sulfonamides is 1. The molecule has 1 heterocycles. The van der Waals surface area contributed by atoms with Crippen LogP contribution in [0, 0.1) is 0 Å². The van der Waals surface area contributed by atoms with Crippen molar-refractivity contribution in [3.63, 3.8) is 0 Å². The molecule has 3 aromatic carbocycles. The molecule has 10 heteroatoms. The lowest BCUT2D eigenvalue weighted by atomic mass is 10.1. The number of carbonyl (C=O) groups excluding carboxylic acids is 1. The minimum atomic E-state index is -4.07. The fraction of sp³-hybridized carbons (Fsp3) is 0.269. The average Bonchev–Trinajstić information content (AvgIpc) is 2.91. The molecule has 4 rings (SSSR count). The summed E-state index contributed by atoms with van der Waals surface area (Å²) in [7, 11) is -1.12. The second-order valence-electron chi connectivity index (χ2n) is 8.06. The van der Waals surface area contributed by atoms with Crippen molar-refractivity contribution in [3.05, 3.63) is 72.3 Å². The normalized spacial score (nSPS) is 13.4. The number of methoxy groups -OCH3 is 2. The molecule has 0 spiro atoms. The first kappa shape index (κ1) is 25.2. The minimum Gasteiger partial charge on any atom is -0.493 e. The van der Waals surface area contributed by atoms with Crippen LogP contribution in [0.4, 0.5) is 5.69 Å². The second-order valence-corrected chi connectivity index (χ2v) is 9.92. The van der Waals surface area contributed by atoms with E-state index in [0.29, 0.717) is 36.2 Å². The van der Waals surface area contributed by atoms with Gasteiger partial charge in [0.25, 0.3) is 10.0 Å². The summed E-state index contributed by atoms with van der Waals surface area (Å²) in [5, 5.41) is 2.88. The molecule has 1 amide bonds. The summed E-state index contributed by atoms with van der Waals surface area (Å²) in [5.74, 6) is 1.56. The van der Waals surface area contributed by atoms with Crippen LogP contribution < -0.4 is 28.6 Å². The zero-order chi connectivity index (χ0) is 25.7. The van der Waals surface area contributed by atoms with E-state index in [-0.39, 0.29) is 10.6 Å². The third kappa shape index (κ3) is 5.33. The number of hydrogen-bond acceptors (Lipinski definition) is 7. The highest BCUT2D eigenvalue weighted by atomic mass is 32.2. The van der Waals surface area contributed by atoms with Gasteiger partial charge < -0.3 is 24.3 Å². The van der Waals surface area contributed by atoms with Crippen LogP contribution in [-0.2, 0) is 14.8 Å². The molecule has 0 aromatic heterocycles. The SMILES string of the molecule is COc1ccc(N(CC(=O)N[C@H](C)c2ccc3c(c2)OCCO3)S(=O)(=O)c2ccccc2)cc1OC. The lowest BCUT2D eigenvalue weighted by molar-refractivity contribution is -0.120. The highest BCUT2D eigenvalue weighted by Gasteiger charge is 2.28. The van der Waals surface area contributed by atoms with E-state index in [4.69, 9.17) is 18.9 Å². The molecule has 0 aliphatic carbocycles. The Balaban J connectivity index is 1.61. The van der Waals surface area contributed by atoms with Gasteiger partial charge in [0.1, 0.15) is 19.8 Å². The summed E-state index contributed by atoms with van der Waals surface area (Å²) in [6.07, 6.45) is 0. The molecule has 0 bridgehead atoms. The molecule has 1 aliphatic rings. The Morgan fingerprint density at radius 1 is 0.944 bits per heavy atom. The van der Waals surface area contributed by atoms with Crippen LogP contribution in [0.2, 0.25) is 0 Å². The van der Waals surface area contributed by atoms with Gasteiger partial charge in [-0.25, -0.2) is 8.42 Å². The maximum absolute atomic E-state index is 13.6. The van der Waals surface area contributed by atoms with E-state index >= 15 is 0 Å². The first-order chi connectivity index (χ1) is 17.3. The summed E-state index contributed by atoms with van der Waals surface area (Å²) in [6.45, 7) is 2.31. The summed E-state index contributed by atoms with van der Waals surface area (Å²) >= 11 is 0. The first-order valence-electron chi connectivity index (χ1n) is 11.3. The molecule has 1 aliphatic heterocycles. The maximum atomic E-state index is 13.6. The van der Waals surface area contributed by atoms with Gasteiger partial charge in [-0.05, 0) is 48.9 Å². The zero-order valence-corrected chi connectivity index (χ0v) is 21.1. The van der Waals surface area contributed by atoms with Crippen LogP contribution in [0.3, 0.4) is 0 Å². The molecule has 0 radical (unpaired) electrons. The molecular formula is C26H28N2O7S. The first-order valence-corrected chi connectivity index (χ1v) is 12.8. The van der Waals surface area contributed by atoms with Crippen molar-refractivity contribution in [1.29, 1.82) is 0 Å². The Morgan fingerprint density at radius 2 is 1.64 bits per heavy atom. The largest absolute Gasteiger partial charge is 0.493 e. The number of rotatable bonds is 9. The zero-order valence-electron chi connectivity index (χ0n) is 20.3. The number of amides is 1. The van der Waals surface area contributed by atoms with Crippen molar-refractivity contribution in [2.24, 2.45) is 0 Å². The van der Waals surface area contributed by atoms with Crippen molar-refractivity contribution in [2.75, 3.05) is 38.3 Å². The van der Waals surface area contributed by atoms with Crippen LogP contribution in [0.1, 0.15) is 18.5 Å². The number of hydrogen-bond donors (Lipinski definition) is 1. The summed E-state index contributed by atoms with van der Waals surface area (Å²) in [4.78, 5) is 13.2. The van der Waals surface area contributed by atoms with Gasteiger partial charge in [-0.15, -0.1) is 0 Å². The molecule has 0 unspecified atom stereocenters. The minimum absolute atomic E-state index is 0.0625. The number of nitrogens with one attached hydrogen (secondary N) is 1. The lowest BCUT2D eigenvalue weighted by Gasteiger charge is -2.26. The Hall–Kier alpha value is -3.92. The molecule has 3 aromatic rings. The lowest BCUT2D eigenvalue weighted by Crippen LogP contribution is -2.41. The fourth-order valence-electron chi connectivity index (χ4n) is 3.84. The standard InChI is InChI=1S/C26H28N2O7S/c1-18(19-9-11-23-25(15-19)35-14-13-34-23)27-26(29)17-28(36(30,31)21-7-5-4-6-8-21)20-10-12-22(32-2)24(16-20)33-3/h4-12,15-16,18H,13-14,17H2,1-3H3,(H,27,29)/t18-/m1/s1. The van der Waals surface area contributed by atoms with Crippen LogP contribution in [-0.4, -0.2) is 48.3 Å². The number of anilines is 1. The highest BCUT2D eigenvalue weighted by Crippen LogP contribution is 2.34. The summed E-state index contributed by atoms with van der Waals surface area (Å²) < 4.78 is 50.0. The van der Waals surface area contributed by atoms with Crippen LogP contribution in [0.25, 0.3) is 0 Å². The topological polar surface area (TPSA) is 103 Å². The van der Waals surface area contributed by atoms with Crippen molar-refractivity contribution in [2.45, 2.75) is 17.9 Å². The van der Waals surface area contributed by atoms with Crippen molar-refractivity contribution < 1.29 is 32.2 Å². The van der Waals surface area contributed by atoms with Crippen LogP contribution in [0.5, 0.6) is 23.0 Å². The van der Waals surface area contributed by atoms with E-state index in [1.807, 2.05) is 19.1 Å². The van der Waals surface area contributed by atoms with Gasteiger partial charge in [0, 0.05) is 6.07 Å². The molecule has 1 atom stereocenters. The third-order valence-corrected chi connectivity index (χ3v) is 7.51. The van der Waals surface area contributed by atoms with Crippen molar-refractivity contribution >= 4 is 21.6 Å². The molecule has 9 nitrogen and oxygen atoms in total. The van der Waals surface area contributed by atoms with Gasteiger partial charge in [0.15, 0.2) is 23.0 Å². The van der Waals surface area contributed by atoms with E-state index in [2.05, 4.69) is 5.32 Å². The Morgan fingerprint density at radius 3 is 2.33 bits per heavy atom. The Bertz CT molecular complexity index is 1330. The van der Waals surface area contributed by atoms with Gasteiger partial charge in [-0.3, -0.25) is 9.10 Å². The predicted molar refractivity (Wildman–Crippen MR) is 135 cm³/mol. The number of nitrogens with zero attached hydrogens (tertiary/aromatic N) is 1. The van der Waals surface area contributed by atoms with Gasteiger partial charge in [-0.2, -0.15) is 0 Å². The number of carbonyl (C=O) groups is 1. The fourth-order valence-corrected chi connectivity index (χ4v) is 5.28. The molecule has 190 valence electrons.